The van der Waals surface area contributed by atoms with E-state index in [9.17, 15) is 4.79 Å². The summed E-state index contributed by atoms with van der Waals surface area (Å²) < 4.78 is 0. The van der Waals surface area contributed by atoms with Crippen LogP contribution in [0, 0.1) is 0 Å². The minimum Gasteiger partial charge on any atom is -0.338 e. The fourth-order valence-corrected chi connectivity index (χ4v) is 2.29. The Morgan fingerprint density at radius 3 is 2.33 bits per heavy atom. The summed E-state index contributed by atoms with van der Waals surface area (Å²) in [6, 6.07) is -0.0111. The molecule has 0 aromatic heterocycles. The summed E-state index contributed by atoms with van der Waals surface area (Å²) in [5.74, 6) is 0. The Hall–Kier alpha value is -0.770. The second-order valence-corrected chi connectivity index (χ2v) is 5.15. The molecule has 2 amide bonds. The Balaban J connectivity index is 1.81. The number of carbonyl (C=O) groups excluding carboxylic acids is 1. The maximum Gasteiger partial charge on any atom is 0.314 e. The van der Waals surface area contributed by atoms with Crippen molar-refractivity contribution in [3.63, 3.8) is 0 Å². The second-order valence-electron chi connectivity index (χ2n) is 5.15. The number of unbranched alkanes of at least 4 members (excludes halogenated alkanes) is 3. The van der Waals surface area contributed by atoms with Gasteiger partial charge in [-0.25, -0.2) is 4.79 Å². The summed E-state index contributed by atoms with van der Waals surface area (Å²) in [6.45, 7) is 7.54. The molecule has 4 heteroatoms. The van der Waals surface area contributed by atoms with Crippen LogP contribution in [0.5, 0.6) is 0 Å². The van der Waals surface area contributed by atoms with Gasteiger partial charge in [-0.1, -0.05) is 19.8 Å². The van der Waals surface area contributed by atoms with Crippen LogP contribution in [-0.4, -0.2) is 43.7 Å². The number of nitrogens with one attached hydrogen (secondary N) is 2. The second kappa shape index (κ2) is 10.2. The van der Waals surface area contributed by atoms with Crippen LogP contribution in [0.15, 0.2) is 0 Å². The Labute approximate surface area is 111 Å². The van der Waals surface area contributed by atoms with Gasteiger partial charge < -0.3 is 15.5 Å². The van der Waals surface area contributed by atoms with Gasteiger partial charge in [-0.2, -0.15) is 0 Å². The third-order valence-corrected chi connectivity index (χ3v) is 3.45. The minimum atomic E-state index is -0.0111. The monoisotopic (exact) mass is 255 g/mol. The van der Waals surface area contributed by atoms with Gasteiger partial charge in [0.15, 0.2) is 0 Å². The van der Waals surface area contributed by atoms with Gasteiger partial charge >= 0.3 is 6.03 Å². The highest BCUT2D eigenvalue weighted by atomic mass is 16.2. The number of nitrogens with zero attached hydrogens (tertiary/aromatic N) is 1. The van der Waals surface area contributed by atoms with Crippen molar-refractivity contribution >= 4 is 6.03 Å². The van der Waals surface area contributed by atoms with E-state index in [-0.39, 0.29) is 6.03 Å². The zero-order valence-corrected chi connectivity index (χ0v) is 11.8. The van der Waals surface area contributed by atoms with Crippen molar-refractivity contribution in [1.82, 2.24) is 15.5 Å². The molecule has 0 saturated carbocycles. The van der Waals surface area contributed by atoms with Gasteiger partial charge in [0.05, 0.1) is 0 Å². The molecule has 1 heterocycles. The van der Waals surface area contributed by atoms with E-state index >= 15 is 0 Å². The molecule has 1 saturated heterocycles. The summed E-state index contributed by atoms with van der Waals surface area (Å²) >= 11 is 0. The summed E-state index contributed by atoms with van der Waals surface area (Å²) in [4.78, 5) is 13.9. The molecule has 1 fully saturated rings. The van der Waals surface area contributed by atoms with E-state index in [0.29, 0.717) is 0 Å². The fraction of sp³-hybridized carbons (Fsp3) is 0.929. The third-order valence-electron chi connectivity index (χ3n) is 3.45. The first kappa shape index (κ1) is 15.3. The number of rotatable bonds is 9. The molecule has 0 aliphatic carbocycles. The Morgan fingerprint density at radius 2 is 1.67 bits per heavy atom. The summed E-state index contributed by atoms with van der Waals surface area (Å²) in [5, 5.41) is 5.77. The van der Waals surface area contributed by atoms with Crippen LogP contribution in [0.3, 0.4) is 0 Å². The van der Waals surface area contributed by atoms with Gasteiger partial charge in [-0.3, -0.25) is 0 Å². The summed E-state index contributed by atoms with van der Waals surface area (Å²) in [7, 11) is 0. The molecular weight excluding hydrogens is 226 g/mol. The molecule has 18 heavy (non-hydrogen) atoms. The highest BCUT2D eigenvalue weighted by molar-refractivity contribution is 5.73. The summed E-state index contributed by atoms with van der Waals surface area (Å²) in [5.41, 5.74) is 0. The van der Waals surface area contributed by atoms with E-state index in [2.05, 4.69) is 22.5 Å². The predicted molar refractivity (Wildman–Crippen MR) is 75.8 cm³/mol. The van der Waals surface area contributed by atoms with Crippen LogP contribution in [-0.2, 0) is 0 Å². The number of hydrogen-bond acceptors (Lipinski definition) is 2. The molecular formula is C14H29N3O. The molecule has 1 aliphatic heterocycles. The molecule has 0 bridgehead atoms. The van der Waals surface area contributed by atoms with Crippen molar-refractivity contribution in [2.75, 3.05) is 32.7 Å². The molecule has 1 rings (SSSR count). The largest absolute Gasteiger partial charge is 0.338 e. The van der Waals surface area contributed by atoms with Crippen molar-refractivity contribution in [2.24, 2.45) is 0 Å². The molecule has 106 valence electrons. The molecule has 0 radical (unpaired) electrons. The SMILES string of the molecule is CCCCNC(=O)NCCCCCN1CCCC1. The number of likely N-dealkylation sites (tertiary alicyclic amines) is 1. The maximum atomic E-state index is 11.3. The molecule has 4 nitrogen and oxygen atoms in total. The zero-order chi connectivity index (χ0) is 13.1. The molecule has 0 spiro atoms. The van der Waals surface area contributed by atoms with E-state index in [0.717, 1.165) is 32.4 Å². The lowest BCUT2D eigenvalue weighted by atomic mass is 10.2. The average Bonchev–Trinajstić information content (AvgIpc) is 2.87. The van der Waals surface area contributed by atoms with E-state index in [1.54, 1.807) is 0 Å². The summed E-state index contributed by atoms with van der Waals surface area (Å²) in [6.07, 6.45) is 8.50. The maximum absolute atomic E-state index is 11.3. The minimum absolute atomic E-state index is 0.0111. The lowest BCUT2D eigenvalue weighted by Crippen LogP contribution is -2.36. The highest BCUT2D eigenvalue weighted by Gasteiger charge is 2.09. The molecule has 0 unspecified atom stereocenters. The van der Waals surface area contributed by atoms with Crippen LogP contribution in [0.1, 0.15) is 51.9 Å². The van der Waals surface area contributed by atoms with Gasteiger partial charge in [0, 0.05) is 13.1 Å². The van der Waals surface area contributed by atoms with Crippen molar-refractivity contribution in [2.45, 2.75) is 51.9 Å². The van der Waals surface area contributed by atoms with Gasteiger partial charge in [-0.05, 0) is 51.7 Å². The average molecular weight is 255 g/mol. The smallest absolute Gasteiger partial charge is 0.314 e. The number of amides is 2. The first-order chi connectivity index (χ1) is 8.83. The van der Waals surface area contributed by atoms with Crippen LogP contribution in [0.2, 0.25) is 0 Å². The van der Waals surface area contributed by atoms with Crippen LogP contribution in [0.4, 0.5) is 4.79 Å². The normalized spacial score (nSPS) is 15.8. The van der Waals surface area contributed by atoms with Crippen molar-refractivity contribution in [1.29, 1.82) is 0 Å². The standard InChI is InChI=1S/C14H29N3O/c1-2-3-9-15-14(18)16-10-5-4-6-11-17-12-7-8-13-17/h2-13H2,1H3,(H2,15,16,18). The van der Waals surface area contributed by atoms with E-state index in [1.807, 2.05) is 0 Å². The number of urea groups is 1. The first-order valence-electron chi connectivity index (χ1n) is 7.57. The molecule has 0 aromatic rings. The van der Waals surface area contributed by atoms with Gasteiger partial charge in [0.1, 0.15) is 0 Å². The van der Waals surface area contributed by atoms with Crippen LogP contribution >= 0.6 is 0 Å². The van der Waals surface area contributed by atoms with Gasteiger partial charge in [0.2, 0.25) is 0 Å². The lowest BCUT2D eigenvalue weighted by Gasteiger charge is -2.13. The predicted octanol–water partition coefficient (Wildman–Crippen LogP) is 2.35. The van der Waals surface area contributed by atoms with Gasteiger partial charge in [0.25, 0.3) is 0 Å². The van der Waals surface area contributed by atoms with E-state index < -0.39 is 0 Å². The fourth-order valence-electron chi connectivity index (χ4n) is 2.29. The highest BCUT2D eigenvalue weighted by Crippen LogP contribution is 2.08. The molecule has 0 atom stereocenters. The molecule has 1 aliphatic rings. The quantitative estimate of drug-likeness (QED) is 0.621. The number of hydrogen-bond donors (Lipinski definition) is 2. The van der Waals surface area contributed by atoms with Crippen LogP contribution in [0.25, 0.3) is 0 Å². The van der Waals surface area contributed by atoms with Crippen molar-refractivity contribution < 1.29 is 4.79 Å². The van der Waals surface area contributed by atoms with Crippen molar-refractivity contribution in [3.8, 4) is 0 Å². The molecule has 0 aromatic carbocycles. The molecule has 2 N–H and O–H groups in total. The first-order valence-corrected chi connectivity index (χ1v) is 7.57. The lowest BCUT2D eigenvalue weighted by molar-refractivity contribution is 0.240. The zero-order valence-electron chi connectivity index (χ0n) is 11.8. The van der Waals surface area contributed by atoms with E-state index in [1.165, 1.54) is 45.3 Å². The van der Waals surface area contributed by atoms with Crippen LogP contribution < -0.4 is 10.6 Å². The Morgan fingerprint density at radius 1 is 1.00 bits per heavy atom. The Kier molecular flexibility index (Phi) is 8.65. The van der Waals surface area contributed by atoms with E-state index in [4.69, 9.17) is 0 Å². The third kappa shape index (κ3) is 7.54. The van der Waals surface area contributed by atoms with Gasteiger partial charge in [-0.15, -0.1) is 0 Å². The topological polar surface area (TPSA) is 44.4 Å². The number of carbonyl (C=O) groups is 1. The Bertz CT molecular complexity index is 215. The van der Waals surface area contributed by atoms with Crippen molar-refractivity contribution in [3.05, 3.63) is 0 Å².